The molecule has 0 radical (unpaired) electrons. The molecule has 0 aliphatic carbocycles. The summed E-state index contributed by atoms with van der Waals surface area (Å²) in [6, 6.07) is 22.5. The number of aryl methyl sites for hydroxylation is 6. The highest BCUT2D eigenvalue weighted by Gasteiger charge is 2.14. The Morgan fingerprint density at radius 1 is 0.404 bits per heavy atom. The number of hydrogen-bond donors (Lipinski definition) is 3. The number of imidazole rings is 3. The number of aromatic nitrogens is 9. The molecule has 0 spiro atoms. The Labute approximate surface area is 347 Å². The van der Waals surface area contributed by atoms with Crippen molar-refractivity contribution in [2.75, 3.05) is 16.0 Å². The summed E-state index contributed by atoms with van der Waals surface area (Å²) in [5, 5.41) is 36.1. The highest BCUT2D eigenvalue weighted by molar-refractivity contribution is 5.64. The van der Waals surface area contributed by atoms with Gasteiger partial charge in [0.2, 0.25) is 17.8 Å². The number of hydrogen-bond acceptors (Lipinski definition) is 12. The minimum absolute atomic E-state index is 0. The summed E-state index contributed by atoms with van der Waals surface area (Å²) in [4.78, 5) is 14.0. The Bertz CT molecular complexity index is 2140. The van der Waals surface area contributed by atoms with Crippen LogP contribution in [0.5, 0.6) is 0 Å². The molecule has 0 unspecified atom stereocenters. The molecule has 0 aliphatic rings. The van der Waals surface area contributed by atoms with E-state index < -0.39 is 0 Å². The summed E-state index contributed by atoms with van der Waals surface area (Å²) in [6.07, 6.45) is 11.5. The molecule has 21 heteroatoms. The predicted molar refractivity (Wildman–Crippen MR) is 201 cm³/mol. The van der Waals surface area contributed by atoms with Gasteiger partial charge in [-0.05, 0) is 72.8 Å². The third-order valence-electron chi connectivity index (χ3n) is 8.20. The molecule has 3 N–H and O–H groups in total. The highest BCUT2D eigenvalue weighted by Crippen LogP contribution is 2.26. The van der Waals surface area contributed by atoms with Crippen LogP contribution in [0.4, 0.5) is 69.8 Å². The van der Waals surface area contributed by atoms with E-state index in [2.05, 4.69) is 61.6 Å². The fourth-order valence-electron chi connectivity index (χ4n) is 5.24. The lowest BCUT2D eigenvalue weighted by Gasteiger charge is -2.12. The van der Waals surface area contributed by atoms with E-state index in [9.17, 15) is 0 Å². The van der Waals surface area contributed by atoms with Gasteiger partial charge in [0.15, 0.2) is 0 Å². The molecular weight excluding hydrogens is 791 g/mol. The molecule has 4 heterocycles. The summed E-state index contributed by atoms with van der Waals surface area (Å²) >= 11 is 0. The fourth-order valence-corrected chi connectivity index (χ4v) is 5.24. The topological polar surface area (TPSA) is 175 Å². The predicted octanol–water partition coefficient (Wildman–Crippen LogP) is -2.15. The molecule has 0 bridgehead atoms. The average Bonchev–Trinajstić information content (AvgIpc) is 3.79. The van der Waals surface area contributed by atoms with Crippen molar-refractivity contribution in [1.82, 2.24) is 28.7 Å². The van der Waals surface area contributed by atoms with Gasteiger partial charge in [0.1, 0.15) is 17.1 Å². The second-order valence-electron chi connectivity index (χ2n) is 12.4. The SMILES string of the molecule is Cn1cc[n+](C)c1/N=N/c1ccc(Nc2nc(Nc3ccc(/N=N/c4n(C)cc[n+]4C)cc3)nc(Nc3ccc(/N=N/c4n(C)cc[n+]4C)cc3)n2)cc1.[Cl-].[Cl-].[Cl-]. The van der Waals surface area contributed by atoms with Gasteiger partial charge in [0.05, 0.1) is 79.5 Å². The number of nitrogens with zero attached hydrogens (tertiary/aromatic N) is 15. The van der Waals surface area contributed by atoms with Crippen molar-refractivity contribution in [2.45, 2.75) is 0 Å². The lowest BCUT2D eigenvalue weighted by atomic mass is 10.3. The van der Waals surface area contributed by atoms with Gasteiger partial charge in [-0.25, -0.2) is 27.4 Å². The van der Waals surface area contributed by atoms with Crippen molar-refractivity contribution in [3.05, 3.63) is 110 Å². The molecule has 7 rings (SSSR count). The van der Waals surface area contributed by atoms with Crippen LogP contribution >= 0.6 is 0 Å². The van der Waals surface area contributed by atoms with Crippen LogP contribution in [0.25, 0.3) is 0 Å². The van der Waals surface area contributed by atoms with E-state index in [0.29, 0.717) is 34.9 Å². The summed E-state index contributed by atoms with van der Waals surface area (Å²) in [7, 11) is 11.5. The largest absolute Gasteiger partial charge is 1.00 e. The quantitative estimate of drug-likeness (QED) is 0.0936. The molecule has 57 heavy (non-hydrogen) atoms. The van der Waals surface area contributed by atoms with E-state index in [1.807, 2.05) is 180 Å². The first-order valence-electron chi connectivity index (χ1n) is 16.8. The normalized spacial score (nSPS) is 11.1. The van der Waals surface area contributed by atoms with Crippen molar-refractivity contribution in [3.8, 4) is 0 Å². The molecule has 0 saturated carbocycles. The van der Waals surface area contributed by atoms with Gasteiger partial charge in [0.25, 0.3) is 0 Å². The van der Waals surface area contributed by atoms with E-state index in [4.69, 9.17) is 0 Å². The molecule has 4 aromatic heterocycles. The molecule has 0 fully saturated rings. The third-order valence-corrected chi connectivity index (χ3v) is 8.20. The molecule has 3 aromatic carbocycles. The molecule has 0 aliphatic heterocycles. The zero-order valence-corrected chi connectivity index (χ0v) is 34.0. The Balaban J connectivity index is 0.00000240. The van der Waals surface area contributed by atoms with E-state index >= 15 is 0 Å². The van der Waals surface area contributed by atoms with Crippen molar-refractivity contribution in [2.24, 2.45) is 73.0 Å². The number of benzene rings is 3. The minimum Gasteiger partial charge on any atom is -1.00 e. The van der Waals surface area contributed by atoms with Crippen LogP contribution in [0.2, 0.25) is 0 Å². The third kappa shape index (κ3) is 10.8. The second kappa shape index (κ2) is 19.3. The van der Waals surface area contributed by atoms with E-state index in [0.717, 1.165) is 34.9 Å². The van der Waals surface area contributed by atoms with Crippen LogP contribution in [-0.2, 0) is 42.3 Å². The average molecular weight is 830 g/mol. The fraction of sp³-hybridized carbons (Fsp3) is 0.167. The maximum atomic E-state index is 4.66. The second-order valence-corrected chi connectivity index (χ2v) is 12.4. The van der Waals surface area contributed by atoms with Crippen LogP contribution in [0.3, 0.4) is 0 Å². The summed E-state index contributed by atoms with van der Waals surface area (Å²) in [5.74, 6) is 3.14. The molecule has 18 nitrogen and oxygen atoms in total. The maximum Gasteiger partial charge on any atom is 0.421 e. The van der Waals surface area contributed by atoms with Crippen molar-refractivity contribution in [1.29, 1.82) is 0 Å². The van der Waals surface area contributed by atoms with Crippen LogP contribution in [0, 0.1) is 0 Å². The Morgan fingerprint density at radius 2 is 0.649 bits per heavy atom. The van der Waals surface area contributed by atoms with Gasteiger partial charge in [-0.2, -0.15) is 15.0 Å². The molecule has 0 amide bonds. The summed E-state index contributed by atoms with van der Waals surface area (Å²) in [5.41, 5.74) is 4.35. The van der Waals surface area contributed by atoms with Gasteiger partial charge in [0, 0.05) is 32.4 Å². The molecule has 294 valence electrons. The molecule has 0 saturated heterocycles. The van der Waals surface area contributed by atoms with Crippen LogP contribution in [0.1, 0.15) is 0 Å². The van der Waals surface area contributed by atoms with Gasteiger partial charge in [-0.3, -0.25) is 0 Å². The molecule has 0 atom stereocenters. The number of anilines is 6. The highest BCUT2D eigenvalue weighted by atomic mass is 35.5. The lowest BCUT2D eigenvalue weighted by Crippen LogP contribution is -3.00. The standard InChI is InChI=1S/C36H36N18.3ClH/c1-49-19-20-50(2)34(49)46-43-28-13-7-25(8-14-28)37-31-40-32(38-26-9-15-29(16-10-26)44-47-35-51(3)21-22-52(35)4)42-33(41-31)39-27-11-17-30(18-12-27)45-48-36-53(5)23-24-54(36)6;;;/h7-24H,1-6H3;3*1H. The van der Waals surface area contributed by atoms with Crippen LogP contribution < -0.4 is 66.9 Å². The first-order chi connectivity index (χ1) is 26.2. The minimum atomic E-state index is 0. The summed E-state index contributed by atoms with van der Waals surface area (Å²) < 4.78 is 11.4. The van der Waals surface area contributed by atoms with Crippen LogP contribution in [0.15, 0.2) is 141 Å². The Morgan fingerprint density at radius 3 is 0.860 bits per heavy atom. The van der Waals surface area contributed by atoms with Crippen LogP contribution in [-0.4, -0.2) is 28.7 Å². The first-order valence-corrected chi connectivity index (χ1v) is 16.8. The number of nitrogens with one attached hydrogen (secondary N) is 3. The smallest absolute Gasteiger partial charge is 0.421 e. The number of azo groups is 3. The lowest BCUT2D eigenvalue weighted by molar-refractivity contribution is -0.657. The Hall–Kier alpha value is -6.63. The Kier molecular flexibility index (Phi) is 14.6. The monoisotopic (exact) mass is 828 g/mol. The molecule has 7 aromatic rings. The zero-order valence-electron chi connectivity index (χ0n) is 31.7. The number of rotatable bonds is 12. The first kappa shape index (κ1) is 43.1. The van der Waals surface area contributed by atoms with Gasteiger partial charge < -0.3 is 53.2 Å². The van der Waals surface area contributed by atoms with E-state index in [1.54, 1.807) is 0 Å². The van der Waals surface area contributed by atoms with Gasteiger partial charge in [-0.1, -0.05) is 15.3 Å². The van der Waals surface area contributed by atoms with E-state index in [1.165, 1.54) is 0 Å². The van der Waals surface area contributed by atoms with Crippen molar-refractivity contribution in [3.63, 3.8) is 0 Å². The zero-order chi connectivity index (χ0) is 37.6. The summed E-state index contributed by atoms with van der Waals surface area (Å²) in [6.45, 7) is 0. The molecular formula is C36H39Cl3N18. The van der Waals surface area contributed by atoms with Crippen molar-refractivity contribution >= 4 is 69.8 Å². The van der Waals surface area contributed by atoms with Gasteiger partial charge in [-0.15, -0.1) is 0 Å². The van der Waals surface area contributed by atoms with Gasteiger partial charge >= 0.3 is 17.8 Å². The number of halogens is 3. The maximum absolute atomic E-state index is 4.66. The van der Waals surface area contributed by atoms with Crippen molar-refractivity contribution < 1.29 is 50.9 Å². The van der Waals surface area contributed by atoms with E-state index in [-0.39, 0.29) is 37.2 Å².